The lowest BCUT2D eigenvalue weighted by Gasteiger charge is -2.34. The summed E-state index contributed by atoms with van der Waals surface area (Å²) < 4.78 is 45.7. The third-order valence-electron chi connectivity index (χ3n) is 4.97. The van der Waals surface area contributed by atoms with Crippen LogP contribution in [0, 0.1) is 5.92 Å². The average Bonchev–Trinajstić information content (AvgIpc) is 2.63. The fourth-order valence-electron chi connectivity index (χ4n) is 3.31. The topological polar surface area (TPSA) is 93.7 Å². The van der Waals surface area contributed by atoms with Crippen LogP contribution in [-0.2, 0) is 14.3 Å². The van der Waals surface area contributed by atoms with E-state index < -0.39 is 30.4 Å². The smallest absolute Gasteiger partial charge is 0.479 e. The van der Waals surface area contributed by atoms with Gasteiger partial charge in [0, 0.05) is 29.6 Å². The Morgan fingerprint density at radius 1 is 1.26 bits per heavy atom. The van der Waals surface area contributed by atoms with Gasteiger partial charge in [-0.25, -0.2) is 0 Å². The summed E-state index contributed by atoms with van der Waals surface area (Å²) in [5.74, 6) is -1.46. The molecule has 0 radical (unpaired) electrons. The van der Waals surface area contributed by atoms with Gasteiger partial charge in [0.15, 0.2) is 11.9 Å². The van der Waals surface area contributed by atoms with E-state index in [1.165, 1.54) is 12.1 Å². The van der Waals surface area contributed by atoms with Crippen molar-refractivity contribution in [3.63, 3.8) is 0 Å². The molecule has 11 heteroatoms. The molecule has 31 heavy (non-hydrogen) atoms. The van der Waals surface area contributed by atoms with E-state index in [2.05, 4.69) is 21.9 Å². The van der Waals surface area contributed by atoms with Crippen LogP contribution in [0.3, 0.4) is 0 Å². The number of rotatable bonds is 7. The number of amides is 2. The fraction of sp³-hybridized carbons (Fsp3) is 0.450. The van der Waals surface area contributed by atoms with Crippen LogP contribution >= 0.6 is 11.6 Å². The van der Waals surface area contributed by atoms with Crippen LogP contribution in [0.2, 0.25) is 5.02 Å². The maximum atomic E-state index is 12.4. The van der Waals surface area contributed by atoms with E-state index in [4.69, 9.17) is 16.3 Å². The van der Waals surface area contributed by atoms with Gasteiger partial charge >= 0.3 is 6.36 Å². The molecule has 0 bridgehead atoms. The normalized spacial score (nSPS) is 22.6. The zero-order chi connectivity index (χ0) is 22.8. The highest BCUT2D eigenvalue weighted by Gasteiger charge is 2.42. The molecule has 0 aromatic heterocycles. The van der Waals surface area contributed by atoms with Crippen molar-refractivity contribution in [2.75, 3.05) is 6.54 Å². The standard InChI is InChI=1S/C20H20ClF3N2O5/c1-10(4-5-25-18(28)11-6-13(7-11)31-20(22,23)24)26-19(29)17-9-15(27)14-8-12(21)2-3-16(14)30-17/h2-3,8,11,13,17H,1,4-7,9H2,(H,25,28)(H,26,29)/t11-,13+,17-/m1/s1. The van der Waals surface area contributed by atoms with Gasteiger partial charge in [-0.05, 0) is 31.0 Å². The van der Waals surface area contributed by atoms with Crippen LogP contribution < -0.4 is 15.4 Å². The molecule has 1 saturated carbocycles. The Morgan fingerprint density at radius 2 is 1.97 bits per heavy atom. The third-order valence-corrected chi connectivity index (χ3v) is 5.20. The Bertz CT molecular complexity index is 899. The molecule has 1 atom stereocenters. The van der Waals surface area contributed by atoms with Crippen LogP contribution in [-0.4, -0.2) is 42.7 Å². The molecule has 1 aromatic carbocycles. The first kappa shape index (κ1) is 23.1. The summed E-state index contributed by atoms with van der Waals surface area (Å²) >= 11 is 5.87. The Labute approximate surface area is 180 Å². The van der Waals surface area contributed by atoms with E-state index in [9.17, 15) is 27.6 Å². The van der Waals surface area contributed by atoms with E-state index >= 15 is 0 Å². The lowest BCUT2D eigenvalue weighted by atomic mass is 9.81. The number of fused-ring (bicyclic) bond motifs is 1. The van der Waals surface area contributed by atoms with Gasteiger partial charge in [-0.3, -0.25) is 19.1 Å². The van der Waals surface area contributed by atoms with Crippen molar-refractivity contribution >= 4 is 29.2 Å². The van der Waals surface area contributed by atoms with Crippen molar-refractivity contribution in [3.05, 3.63) is 41.1 Å². The highest BCUT2D eigenvalue weighted by molar-refractivity contribution is 6.31. The molecule has 168 valence electrons. The molecular weight excluding hydrogens is 441 g/mol. The number of carbonyl (C=O) groups excluding carboxylic acids is 3. The number of nitrogens with one attached hydrogen (secondary N) is 2. The number of benzene rings is 1. The van der Waals surface area contributed by atoms with E-state index in [0.29, 0.717) is 16.3 Å². The van der Waals surface area contributed by atoms with Crippen LogP contribution in [0.4, 0.5) is 13.2 Å². The van der Waals surface area contributed by atoms with Crippen LogP contribution in [0.1, 0.15) is 36.0 Å². The van der Waals surface area contributed by atoms with Gasteiger partial charge in [-0.15, -0.1) is 13.2 Å². The van der Waals surface area contributed by atoms with Gasteiger partial charge in [0.05, 0.1) is 18.1 Å². The molecule has 1 aromatic rings. The van der Waals surface area contributed by atoms with Gasteiger partial charge in [-0.1, -0.05) is 18.2 Å². The second-order valence-corrected chi connectivity index (χ2v) is 7.80. The molecule has 2 amide bonds. The second-order valence-electron chi connectivity index (χ2n) is 7.36. The molecule has 3 rings (SSSR count). The lowest BCUT2D eigenvalue weighted by molar-refractivity contribution is -0.353. The molecule has 1 aliphatic heterocycles. The average molecular weight is 461 g/mol. The highest BCUT2D eigenvalue weighted by Crippen LogP contribution is 2.35. The number of carbonyl (C=O) groups is 3. The predicted molar refractivity (Wildman–Crippen MR) is 103 cm³/mol. The minimum Gasteiger partial charge on any atom is -0.479 e. The molecule has 0 unspecified atom stereocenters. The van der Waals surface area contributed by atoms with E-state index in [0.717, 1.165) is 0 Å². The molecule has 0 saturated heterocycles. The Balaban J connectivity index is 1.37. The Hall–Kier alpha value is -2.59. The zero-order valence-electron chi connectivity index (χ0n) is 16.3. The first-order valence-electron chi connectivity index (χ1n) is 9.52. The molecule has 2 aliphatic rings. The number of ketones is 1. The van der Waals surface area contributed by atoms with Gasteiger partial charge in [0.1, 0.15) is 5.75 Å². The number of alkyl halides is 3. The summed E-state index contributed by atoms with van der Waals surface area (Å²) in [6.07, 6.45) is -6.65. The van der Waals surface area contributed by atoms with Crippen LogP contribution in [0.15, 0.2) is 30.5 Å². The monoisotopic (exact) mass is 460 g/mol. The van der Waals surface area contributed by atoms with Gasteiger partial charge < -0.3 is 15.4 Å². The molecule has 1 fully saturated rings. The van der Waals surface area contributed by atoms with E-state index in [1.54, 1.807) is 6.07 Å². The number of hydrogen-bond donors (Lipinski definition) is 2. The Kier molecular flexibility index (Phi) is 6.90. The summed E-state index contributed by atoms with van der Waals surface area (Å²) in [5.41, 5.74) is 0.618. The van der Waals surface area contributed by atoms with Crippen molar-refractivity contribution in [2.24, 2.45) is 5.92 Å². The van der Waals surface area contributed by atoms with Crippen molar-refractivity contribution < 1.29 is 37.0 Å². The van der Waals surface area contributed by atoms with E-state index in [-0.39, 0.29) is 49.7 Å². The van der Waals surface area contributed by atoms with Crippen LogP contribution in [0.25, 0.3) is 0 Å². The van der Waals surface area contributed by atoms with Crippen molar-refractivity contribution in [1.29, 1.82) is 0 Å². The SMILES string of the molecule is C=C(CCNC(=O)[C@H]1C[C@@H](OC(F)(F)F)C1)NC(=O)[C@H]1CC(=O)c2cc(Cl)ccc2O1. The lowest BCUT2D eigenvalue weighted by Crippen LogP contribution is -2.45. The zero-order valence-corrected chi connectivity index (χ0v) is 17.0. The summed E-state index contributed by atoms with van der Waals surface area (Å²) in [6, 6.07) is 4.55. The summed E-state index contributed by atoms with van der Waals surface area (Å²) in [6.45, 7) is 3.85. The molecule has 1 heterocycles. The number of halogens is 4. The number of Topliss-reactive ketones (excluding diaryl/α,β-unsaturated/α-hetero) is 1. The summed E-state index contributed by atoms with van der Waals surface area (Å²) in [4.78, 5) is 36.5. The summed E-state index contributed by atoms with van der Waals surface area (Å²) in [7, 11) is 0. The van der Waals surface area contributed by atoms with Gasteiger partial charge in [0.2, 0.25) is 5.91 Å². The third kappa shape index (κ3) is 6.20. The second kappa shape index (κ2) is 9.27. The molecule has 7 nitrogen and oxygen atoms in total. The highest BCUT2D eigenvalue weighted by atomic mass is 35.5. The fourth-order valence-corrected chi connectivity index (χ4v) is 3.48. The predicted octanol–water partition coefficient (Wildman–Crippen LogP) is 3.13. The number of hydrogen-bond acceptors (Lipinski definition) is 5. The first-order chi connectivity index (χ1) is 14.5. The van der Waals surface area contributed by atoms with Gasteiger partial charge in [0.25, 0.3) is 5.91 Å². The molecule has 1 aliphatic carbocycles. The van der Waals surface area contributed by atoms with E-state index in [1.807, 2.05) is 0 Å². The Morgan fingerprint density at radius 3 is 2.65 bits per heavy atom. The maximum Gasteiger partial charge on any atom is 0.522 e. The minimum atomic E-state index is -4.70. The van der Waals surface area contributed by atoms with Gasteiger partial charge in [-0.2, -0.15) is 0 Å². The van der Waals surface area contributed by atoms with Crippen molar-refractivity contribution in [1.82, 2.24) is 10.6 Å². The van der Waals surface area contributed by atoms with Crippen LogP contribution in [0.5, 0.6) is 5.75 Å². The van der Waals surface area contributed by atoms with Crippen molar-refractivity contribution in [2.45, 2.75) is 44.3 Å². The first-order valence-corrected chi connectivity index (χ1v) is 9.90. The summed E-state index contributed by atoms with van der Waals surface area (Å²) in [5, 5.41) is 5.52. The molecule has 0 spiro atoms. The largest absolute Gasteiger partial charge is 0.522 e. The maximum absolute atomic E-state index is 12.4. The molecule has 2 N–H and O–H groups in total. The quantitative estimate of drug-likeness (QED) is 0.652. The minimum absolute atomic E-state index is 0.00274. The molecular formula is C20H20ClF3N2O5. The number of ether oxygens (including phenoxy) is 2. The van der Waals surface area contributed by atoms with Crippen molar-refractivity contribution in [3.8, 4) is 5.75 Å².